The van der Waals surface area contributed by atoms with Crippen molar-refractivity contribution in [2.24, 2.45) is 40.4 Å². The van der Waals surface area contributed by atoms with E-state index in [9.17, 15) is 15.0 Å². The number of carbonyl (C=O) groups is 1. The quantitative estimate of drug-likeness (QED) is 0.721. The molecule has 9 atom stereocenters. The van der Waals surface area contributed by atoms with Gasteiger partial charge in [-0.1, -0.05) is 20.8 Å². The normalized spacial score (nSPS) is 59.2. The van der Waals surface area contributed by atoms with Gasteiger partial charge in [0.25, 0.3) is 0 Å². The lowest BCUT2D eigenvalue weighted by atomic mass is 9.44. The van der Waals surface area contributed by atoms with Gasteiger partial charge < -0.3 is 10.2 Å². The van der Waals surface area contributed by atoms with Gasteiger partial charge >= 0.3 is 0 Å². The van der Waals surface area contributed by atoms with Crippen molar-refractivity contribution in [3.63, 3.8) is 0 Å². The molecule has 0 saturated heterocycles. The monoisotopic (exact) mass is 320 g/mol. The molecule has 0 radical (unpaired) electrons. The van der Waals surface area contributed by atoms with E-state index in [-0.39, 0.29) is 16.7 Å². The second-order valence-electron chi connectivity index (χ2n) is 9.72. The lowest BCUT2D eigenvalue weighted by Crippen LogP contribution is -2.55. The Hall–Kier alpha value is -0.410. The number of hydrogen-bond donors (Lipinski definition) is 2. The van der Waals surface area contributed by atoms with Crippen molar-refractivity contribution in [2.75, 3.05) is 0 Å². The van der Waals surface area contributed by atoms with Crippen molar-refractivity contribution in [2.45, 2.75) is 77.9 Å². The van der Waals surface area contributed by atoms with Crippen molar-refractivity contribution in [1.29, 1.82) is 0 Å². The molecule has 130 valence electrons. The minimum Gasteiger partial charge on any atom is -0.390 e. The number of hydrogen-bond acceptors (Lipinski definition) is 3. The summed E-state index contributed by atoms with van der Waals surface area (Å²) >= 11 is 0. The van der Waals surface area contributed by atoms with E-state index < -0.39 is 12.2 Å². The summed E-state index contributed by atoms with van der Waals surface area (Å²) in [6, 6.07) is 0. The molecule has 0 amide bonds. The summed E-state index contributed by atoms with van der Waals surface area (Å²) in [5.74, 6) is 3.00. The smallest absolute Gasteiger partial charge is 0.136 e. The number of aliphatic hydroxyl groups is 2. The summed E-state index contributed by atoms with van der Waals surface area (Å²) in [7, 11) is 0. The Morgan fingerprint density at radius 2 is 1.78 bits per heavy atom. The van der Waals surface area contributed by atoms with Gasteiger partial charge in [0.05, 0.1) is 12.2 Å². The zero-order valence-electron chi connectivity index (χ0n) is 14.8. The molecule has 3 heteroatoms. The van der Waals surface area contributed by atoms with Gasteiger partial charge in [0.15, 0.2) is 0 Å². The number of fused-ring (bicyclic) bond motifs is 5. The molecule has 0 aromatic heterocycles. The molecule has 4 rings (SSSR count). The molecule has 0 bridgehead atoms. The molecule has 4 aliphatic rings. The first-order chi connectivity index (χ1) is 10.8. The van der Waals surface area contributed by atoms with Crippen LogP contribution in [0.15, 0.2) is 0 Å². The second kappa shape index (κ2) is 5.05. The van der Waals surface area contributed by atoms with Crippen molar-refractivity contribution in [1.82, 2.24) is 0 Å². The lowest BCUT2D eigenvalue weighted by Gasteiger charge is -2.60. The molecular weight excluding hydrogens is 288 g/mol. The molecule has 0 heterocycles. The van der Waals surface area contributed by atoms with E-state index in [1.54, 1.807) is 0 Å². The van der Waals surface area contributed by atoms with Crippen LogP contribution in [0, 0.1) is 40.4 Å². The van der Waals surface area contributed by atoms with Gasteiger partial charge in [-0.3, -0.25) is 4.79 Å². The van der Waals surface area contributed by atoms with Crippen LogP contribution in [0.1, 0.15) is 65.7 Å². The lowest BCUT2D eigenvalue weighted by molar-refractivity contribution is -0.149. The van der Waals surface area contributed by atoms with Crippen LogP contribution in [0.4, 0.5) is 0 Å². The first-order valence-corrected chi connectivity index (χ1v) is 9.66. The largest absolute Gasteiger partial charge is 0.390 e. The van der Waals surface area contributed by atoms with Crippen molar-refractivity contribution in [3.05, 3.63) is 0 Å². The predicted molar refractivity (Wildman–Crippen MR) is 88.7 cm³/mol. The molecule has 4 aliphatic carbocycles. The van der Waals surface area contributed by atoms with Gasteiger partial charge in [0, 0.05) is 12.3 Å². The van der Waals surface area contributed by atoms with Gasteiger partial charge in [-0.05, 0) is 73.0 Å². The SMILES string of the molecule is C[C@H]1C[C@@]2(C)[C@@H](CC[C@@H]3[C@@H]2CC[C@]2(C)[C@@H](O)[C@@H](O)C[C@@H]32)CC1=O. The highest BCUT2D eigenvalue weighted by Crippen LogP contribution is 2.66. The number of aliphatic hydroxyl groups excluding tert-OH is 2. The van der Waals surface area contributed by atoms with Gasteiger partial charge in [0.1, 0.15) is 5.78 Å². The summed E-state index contributed by atoms with van der Waals surface area (Å²) in [6.45, 7) is 6.77. The maximum atomic E-state index is 12.2. The standard InChI is InChI=1S/C20H32O3/c1-11-10-20(3)12(8-16(11)21)4-5-13-14(20)6-7-19(2)15(13)9-17(22)18(19)23/h11-15,17-18,22-23H,4-10H2,1-3H3/t11-,12-,13+,14-,15-,17-,18-,19-,20-/m0/s1. The number of ketones is 1. The fourth-order valence-electron chi connectivity index (χ4n) is 7.39. The van der Waals surface area contributed by atoms with Crippen molar-refractivity contribution < 1.29 is 15.0 Å². The highest BCUT2D eigenvalue weighted by atomic mass is 16.3. The Morgan fingerprint density at radius 3 is 2.52 bits per heavy atom. The minimum atomic E-state index is -0.550. The van der Waals surface area contributed by atoms with Crippen LogP contribution in [0.3, 0.4) is 0 Å². The molecule has 0 spiro atoms. The molecule has 4 fully saturated rings. The maximum absolute atomic E-state index is 12.2. The first kappa shape index (κ1) is 16.1. The highest BCUT2D eigenvalue weighted by Gasteiger charge is 2.62. The van der Waals surface area contributed by atoms with E-state index in [2.05, 4.69) is 20.8 Å². The summed E-state index contributed by atoms with van der Waals surface area (Å²) < 4.78 is 0. The number of Topliss-reactive ketones (excluding diaryl/α,β-unsaturated/α-hetero) is 1. The van der Waals surface area contributed by atoms with Gasteiger partial charge in [-0.15, -0.1) is 0 Å². The topological polar surface area (TPSA) is 57.5 Å². The van der Waals surface area contributed by atoms with Crippen LogP contribution in [0.25, 0.3) is 0 Å². The molecule has 0 unspecified atom stereocenters. The third-order valence-electron chi connectivity index (χ3n) is 8.78. The van der Waals surface area contributed by atoms with Crippen LogP contribution >= 0.6 is 0 Å². The Labute approximate surface area is 139 Å². The van der Waals surface area contributed by atoms with Crippen LogP contribution in [-0.2, 0) is 4.79 Å². The third-order valence-corrected chi connectivity index (χ3v) is 8.78. The molecule has 2 N–H and O–H groups in total. The van der Waals surface area contributed by atoms with Crippen LogP contribution < -0.4 is 0 Å². The fraction of sp³-hybridized carbons (Fsp3) is 0.950. The second-order valence-corrected chi connectivity index (χ2v) is 9.72. The predicted octanol–water partition coefficient (Wildman–Crippen LogP) is 3.18. The Morgan fingerprint density at radius 1 is 1.04 bits per heavy atom. The molecule has 0 aromatic rings. The summed E-state index contributed by atoms with van der Waals surface area (Å²) in [6.07, 6.45) is 6.05. The van der Waals surface area contributed by atoms with E-state index >= 15 is 0 Å². The van der Waals surface area contributed by atoms with Crippen LogP contribution in [0.2, 0.25) is 0 Å². The summed E-state index contributed by atoms with van der Waals surface area (Å²) in [5, 5.41) is 20.8. The Kier molecular flexibility index (Phi) is 3.53. The van der Waals surface area contributed by atoms with E-state index in [0.717, 1.165) is 38.5 Å². The highest BCUT2D eigenvalue weighted by molar-refractivity contribution is 5.82. The molecule has 4 saturated carbocycles. The fourth-order valence-corrected chi connectivity index (χ4v) is 7.39. The Balaban J connectivity index is 1.65. The zero-order valence-corrected chi connectivity index (χ0v) is 14.8. The summed E-state index contributed by atoms with van der Waals surface area (Å²) in [4.78, 5) is 12.2. The van der Waals surface area contributed by atoms with Gasteiger partial charge in [-0.2, -0.15) is 0 Å². The molecule has 23 heavy (non-hydrogen) atoms. The average molecular weight is 320 g/mol. The van der Waals surface area contributed by atoms with E-state index in [1.165, 1.54) is 6.42 Å². The molecule has 0 aromatic carbocycles. The van der Waals surface area contributed by atoms with Crippen molar-refractivity contribution >= 4 is 5.78 Å². The van der Waals surface area contributed by atoms with Crippen molar-refractivity contribution in [3.8, 4) is 0 Å². The van der Waals surface area contributed by atoms with E-state index in [1.807, 2.05) is 0 Å². The third kappa shape index (κ3) is 2.05. The molecule has 3 nitrogen and oxygen atoms in total. The van der Waals surface area contributed by atoms with Gasteiger partial charge in [0.2, 0.25) is 0 Å². The molecule has 0 aliphatic heterocycles. The average Bonchev–Trinajstić information content (AvgIpc) is 2.73. The van der Waals surface area contributed by atoms with Crippen LogP contribution in [-0.4, -0.2) is 28.2 Å². The minimum absolute atomic E-state index is 0.0973. The summed E-state index contributed by atoms with van der Waals surface area (Å²) in [5.41, 5.74) is 0.190. The zero-order chi connectivity index (χ0) is 16.6. The maximum Gasteiger partial charge on any atom is 0.136 e. The van der Waals surface area contributed by atoms with E-state index in [4.69, 9.17) is 0 Å². The van der Waals surface area contributed by atoms with E-state index in [0.29, 0.717) is 29.5 Å². The van der Waals surface area contributed by atoms with Crippen LogP contribution in [0.5, 0.6) is 0 Å². The molecular formula is C20H32O3. The Bertz CT molecular complexity index is 517. The number of carbonyl (C=O) groups excluding carboxylic acids is 1. The first-order valence-electron chi connectivity index (χ1n) is 9.66. The van der Waals surface area contributed by atoms with Gasteiger partial charge in [-0.25, -0.2) is 0 Å². The number of rotatable bonds is 0.